The molecule has 24 heavy (non-hydrogen) atoms. The molecule has 3 aliphatic rings. The molecule has 0 N–H and O–H groups in total. The molecule has 0 aromatic rings. The monoisotopic (exact) mass is 344 g/mol. The number of alkyl halides is 2. The van der Waals surface area contributed by atoms with Gasteiger partial charge in [-0.1, -0.05) is 6.58 Å². The highest BCUT2D eigenvalue weighted by atomic mass is 19.3. The summed E-state index contributed by atoms with van der Waals surface area (Å²) in [4.78, 5) is 36.1. The van der Waals surface area contributed by atoms with Gasteiger partial charge in [0.15, 0.2) is 6.61 Å². The van der Waals surface area contributed by atoms with Gasteiger partial charge in [-0.05, 0) is 13.3 Å². The standard InChI is InChI=1S/C16H18F2O6/c1-6(2)13(19)23-11-7-4-8-10(15(21)24-12(8)11)9(7)14(20)22-5-16(3,17)18/h7-12H,1,4-5H2,2-3H3. The van der Waals surface area contributed by atoms with E-state index in [9.17, 15) is 23.2 Å². The average Bonchev–Trinajstić information content (AvgIpc) is 3.06. The first-order valence-corrected chi connectivity index (χ1v) is 7.71. The van der Waals surface area contributed by atoms with Gasteiger partial charge < -0.3 is 14.2 Å². The molecule has 1 heterocycles. The quantitative estimate of drug-likeness (QED) is 0.427. The summed E-state index contributed by atoms with van der Waals surface area (Å²) in [5, 5.41) is 0. The van der Waals surface area contributed by atoms with E-state index in [1.165, 1.54) is 6.92 Å². The predicted molar refractivity (Wildman–Crippen MR) is 74.7 cm³/mol. The van der Waals surface area contributed by atoms with E-state index < -0.39 is 60.4 Å². The minimum Gasteiger partial charge on any atom is -0.459 e. The van der Waals surface area contributed by atoms with E-state index in [2.05, 4.69) is 11.3 Å². The van der Waals surface area contributed by atoms with Crippen LogP contribution >= 0.6 is 0 Å². The van der Waals surface area contributed by atoms with Gasteiger partial charge in [-0.2, -0.15) is 0 Å². The number of esters is 3. The lowest BCUT2D eigenvalue weighted by atomic mass is 9.78. The molecular formula is C16H18F2O6. The summed E-state index contributed by atoms with van der Waals surface area (Å²) < 4.78 is 41.1. The molecule has 1 aliphatic heterocycles. The second-order valence-electron chi connectivity index (χ2n) is 6.84. The highest BCUT2D eigenvalue weighted by Gasteiger charge is 2.70. The summed E-state index contributed by atoms with van der Waals surface area (Å²) >= 11 is 0. The Hall–Kier alpha value is -1.99. The van der Waals surface area contributed by atoms with Gasteiger partial charge in [0, 0.05) is 24.3 Å². The minimum atomic E-state index is -3.15. The van der Waals surface area contributed by atoms with E-state index in [1.807, 2.05) is 0 Å². The van der Waals surface area contributed by atoms with Crippen molar-refractivity contribution >= 4 is 17.9 Å². The summed E-state index contributed by atoms with van der Waals surface area (Å²) in [7, 11) is 0. The highest BCUT2D eigenvalue weighted by molar-refractivity contribution is 5.88. The van der Waals surface area contributed by atoms with Crippen LogP contribution in [0.3, 0.4) is 0 Å². The van der Waals surface area contributed by atoms with Crippen molar-refractivity contribution in [3.05, 3.63) is 12.2 Å². The second kappa shape index (κ2) is 5.53. The number of fused-ring (bicyclic) bond motifs is 1. The molecule has 6 unspecified atom stereocenters. The Morgan fingerprint density at radius 1 is 1.38 bits per heavy atom. The fraction of sp³-hybridized carbons (Fsp3) is 0.688. The van der Waals surface area contributed by atoms with Crippen LogP contribution in [0.5, 0.6) is 0 Å². The van der Waals surface area contributed by atoms with Crippen molar-refractivity contribution in [2.45, 2.75) is 38.4 Å². The maximum atomic E-state index is 12.9. The van der Waals surface area contributed by atoms with Crippen LogP contribution in [-0.4, -0.2) is 42.6 Å². The second-order valence-corrected chi connectivity index (χ2v) is 6.84. The topological polar surface area (TPSA) is 78.9 Å². The van der Waals surface area contributed by atoms with E-state index in [1.54, 1.807) is 0 Å². The third kappa shape index (κ3) is 2.67. The lowest BCUT2D eigenvalue weighted by molar-refractivity contribution is -0.168. The number of rotatable bonds is 5. The van der Waals surface area contributed by atoms with E-state index in [0.717, 1.165) is 0 Å². The van der Waals surface area contributed by atoms with Crippen molar-refractivity contribution in [2.75, 3.05) is 6.61 Å². The van der Waals surface area contributed by atoms with E-state index in [4.69, 9.17) is 9.47 Å². The molecule has 2 bridgehead atoms. The maximum Gasteiger partial charge on any atom is 0.333 e. The van der Waals surface area contributed by atoms with Crippen molar-refractivity contribution in [3.63, 3.8) is 0 Å². The van der Waals surface area contributed by atoms with Crippen LogP contribution in [0.4, 0.5) is 8.78 Å². The average molecular weight is 344 g/mol. The van der Waals surface area contributed by atoms with Crippen LogP contribution in [0, 0.1) is 23.7 Å². The highest BCUT2D eigenvalue weighted by Crippen LogP contribution is 2.59. The van der Waals surface area contributed by atoms with Crippen molar-refractivity contribution in [3.8, 4) is 0 Å². The largest absolute Gasteiger partial charge is 0.459 e. The van der Waals surface area contributed by atoms with Crippen LogP contribution in [-0.2, 0) is 28.6 Å². The van der Waals surface area contributed by atoms with Gasteiger partial charge in [-0.3, -0.25) is 9.59 Å². The molecule has 132 valence electrons. The zero-order valence-corrected chi connectivity index (χ0v) is 13.3. The third-order valence-corrected chi connectivity index (χ3v) is 4.88. The molecule has 0 radical (unpaired) electrons. The maximum absolute atomic E-state index is 12.9. The molecular weight excluding hydrogens is 326 g/mol. The molecule has 2 saturated carbocycles. The molecule has 0 amide bonds. The number of ether oxygens (including phenoxy) is 3. The molecule has 0 aromatic heterocycles. The molecule has 2 aliphatic carbocycles. The number of hydrogen-bond acceptors (Lipinski definition) is 6. The van der Waals surface area contributed by atoms with Gasteiger partial charge >= 0.3 is 17.9 Å². The summed E-state index contributed by atoms with van der Waals surface area (Å²) in [5.74, 6) is -7.60. The summed E-state index contributed by atoms with van der Waals surface area (Å²) in [6.07, 6.45) is -0.911. The smallest absolute Gasteiger partial charge is 0.333 e. The Morgan fingerprint density at radius 2 is 2.04 bits per heavy atom. The fourth-order valence-corrected chi connectivity index (χ4v) is 3.99. The summed E-state index contributed by atoms with van der Waals surface area (Å²) in [6, 6.07) is 0. The van der Waals surface area contributed by atoms with Gasteiger partial charge in [-0.25, -0.2) is 13.6 Å². The molecule has 1 saturated heterocycles. The minimum absolute atomic E-state index is 0.184. The van der Waals surface area contributed by atoms with Gasteiger partial charge in [0.05, 0.1) is 11.8 Å². The normalized spacial score (nSPS) is 36.4. The number of hydrogen-bond donors (Lipinski definition) is 0. The fourth-order valence-electron chi connectivity index (χ4n) is 3.99. The predicted octanol–water partition coefficient (Wildman–Crippen LogP) is 1.48. The van der Waals surface area contributed by atoms with E-state index >= 15 is 0 Å². The number of carbonyl (C=O) groups excluding carboxylic acids is 3. The zero-order chi connectivity index (χ0) is 17.8. The van der Waals surface area contributed by atoms with E-state index in [-0.39, 0.29) is 11.5 Å². The van der Waals surface area contributed by atoms with Gasteiger partial charge in [0.1, 0.15) is 12.2 Å². The Morgan fingerprint density at radius 3 is 2.62 bits per heavy atom. The van der Waals surface area contributed by atoms with Crippen LogP contribution in [0.1, 0.15) is 20.3 Å². The molecule has 0 aromatic carbocycles. The molecule has 6 nitrogen and oxygen atoms in total. The summed E-state index contributed by atoms with van der Waals surface area (Å²) in [6.45, 7) is 4.55. The zero-order valence-electron chi connectivity index (χ0n) is 13.3. The number of carbonyl (C=O) groups is 3. The van der Waals surface area contributed by atoms with Crippen LogP contribution in [0.25, 0.3) is 0 Å². The van der Waals surface area contributed by atoms with Crippen LogP contribution < -0.4 is 0 Å². The molecule has 8 heteroatoms. The molecule has 3 rings (SSSR count). The SMILES string of the molecule is C=C(C)C(=O)OC1C2CC3C1OC(=O)C3C2C(=O)OCC(C)(F)F. The van der Waals surface area contributed by atoms with Crippen molar-refractivity contribution in [1.82, 2.24) is 0 Å². The summed E-state index contributed by atoms with van der Waals surface area (Å²) in [5.41, 5.74) is 0.184. The van der Waals surface area contributed by atoms with E-state index in [0.29, 0.717) is 13.3 Å². The van der Waals surface area contributed by atoms with Crippen molar-refractivity contribution in [1.29, 1.82) is 0 Å². The third-order valence-electron chi connectivity index (χ3n) is 4.88. The Kier molecular flexibility index (Phi) is 3.88. The Bertz CT molecular complexity index is 610. The van der Waals surface area contributed by atoms with Gasteiger partial charge in [-0.15, -0.1) is 0 Å². The van der Waals surface area contributed by atoms with Gasteiger partial charge in [0.2, 0.25) is 0 Å². The lowest BCUT2D eigenvalue weighted by Gasteiger charge is -2.30. The van der Waals surface area contributed by atoms with Crippen molar-refractivity contribution in [2.24, 2.45) is 23.7 Å². The van der Waals surface area contributed by atoms with Crippen LogP contribution in [0.15, 0.2) is 12.2 Å². The molecule has 6 atom stereocenters. The first kappa shape index (κ1) is 16.9. The van der Waals surface area contributed by atoms with Crippen LogP contribution in [0.2, 0.25) is 0 Å². The number of halogens is 2. The molecule has 0 spiro atoms. The van der Waals surface area contributed by atoms with Gasteiger partial charge in [0.25, 0.3) is 5.92 Å². The van der Waals surface area contributed by atoms with Crippen molar-refractivity contribution < 1.29 is 37.4 Å². The first-order chi connectivity index (χ1) is 11.1. The molecule has 3 fully saturated rings. The Balaban J connectivity index is 1.78. The first-order valence-electron chi connectivity index (χ1n) is 7.71. The lowest BCUT2D eigenvalue weighted by Crippen LogP contribution is -2.44. The Labute approximate surface area is 137 Å².